The molecule has 3 unspecified atom stereocenters. The fourth-order valence-corrected chi connectivity index (χ4v) is 2.39. The van der Waals surface area contributed by atoms with Gasteiger partial charge in [0.15, 0.2) is 6.10 Å². The average molecular weight is 352 g/mol. The van der Waals surface area contributed by atoms with Gasteiger partial charge < -0.3 is 25.2 Å². The van der Waals surface area contributed by atoms with Crippen molar-refractivity contribution >= 4 is 35.6 Å². The summed E-state index contributed by atoms with van der Waals surface area (Å²) in [5, 5.41) is 36.6. The van der Waals surface area contributed by atoms with E-state index in [9.17, 15) is 24.3 Å². The number of esters is 1. The lowest BCUT2D eigenvalue weighted by Crippen LogP contribution is -2.56. The second-order valence-corrected chi connectivity index (χ2v) is 5.99. The van der Waals surface area contributed by atoms with Gasteiger partial charge in [0.05, 0.1) is 0 Å². The van der Waals surface area contributed by atoms with Gasteiger partial charge in [-0.15, -0.1) is 0 Å². The number of carbonyl (C=O) groups excluding carboxylic acids is 1. The molecule has 0 aliphatic rings. The summed E-state index contributed by atoms with van der Waals surface area (Å²) < 4.78 is 4.54. The molecule has 0 aliphatic carbocycles. The van der Waals surface area contributed by atoms with Crippen LogP contribution >= 0.6 is 11.8 Å². The topological polar surface area (TPSA) is 158 Å². The van der Waals surface area contributed by atoms with E-state index < -0.39 is 41.5 Å². The zero-order chi connectivity index (χ0) is 18.2. The molecule has 0 aromatic rings. The fraction of sp³-hybridized carbons (Fsp3) is 0.692. The summed E-state index contributed by atoms with van der Waals surface area (Å²) in [4.78, 5) is 44.9. The van der Waals surface area contributed by atoms with Gasteiger partial charge in [-0.1, -0.05) is 6.92 Å². The average Bonchev–Trinajstić information content (AvgIpc) is 2.47. The molecule has 0 heterocycles. The number of carbonyl (C=O) groups is 4. The Morgan fingerprint density at radius 3 is 2.04 bits per heavy atom. The SMILES string of the molecule is CCCSCCC(OC(=O)C(O)(C(=O)O)C(C)C(=O)O)C(=O)O. The van der Waals surface area contributed by atoms with Crippen LogP contribution in [0.5, 0.6) is 0 Å². The molecule has 0 spiro atoms. The number of aliphatic hydroxyl groups is 1. The summed E-state index contributed by atoms with van der Waals surface area (Å²) in [7, 11) is 0. The summed E-state index contributed by atoms with van der Waals surface area (Å²) in [5.41, 5.74) is -3.36. The molecule has 0 saturated heterocycles. The highest BCUT2D eigenvalue weighted by atomic mass is 32.2. The summed E-state index contributed by atoms with van der Waals surface area (Å²) in [6.45, 7) is 2.74. The molecule has 10 heteroatoms. The molecular formula is C13H20O9S. The van der Waals surface area contributed by atoms with E-state index in [1.807, 2.05) is 6.92 Å². The van der Waals surface area contributed by atoms with Gasteiger partial charge in [0, 0.05) is 6.42 Å². The number of aliphatic carboxylic acids is 3. The third kappa shape index (κ3) is 5.71. The van der Waals surface area contributed by atoms with Crippen LogP contribution in [0.15, 0.2) is 0 Å². The van der Waals surface area contributed by atoms with Crippen LogP contribution in [0.25, 0.3) is 0 Å². The highest BCUT2D eigenvalue weighted by Crippen LogP contribution is 2.22. The molecule has 0 aromatic carbocycles. The Balaban J connectivity index is 5.09. The van der Waals surface area contributed by atoms with E-state index in [0.29, 0.717) is 5.75 Å². The molecule has 0 saturated carbocycles. The van der Waals surface area contributed by atoms with E-state index >= 15 is 0 Å². The van der Waals surface area contributed by atoms with E-state index in [1.54, 1.807) is 0 Å². The predicted octanol–water partition coefficient (Wildman–Crippen LogP) is 0.0525. The van der Waals surface area contributed by atoms with Crippen LogP contribution in [-0.2, 0) is 23.9 Å². The first-order chi connectivity index (χ1) is 10.6. The number of thioether (sulfide) groups is 1. The lowest BCUT2D eigenvalue weighted by atomic mass is 9.89. The molecule has 0 amide bonds. The summed E-state index contributed by atoms with van der Waals surface area (Å²) in [5.74, 6) is -8.08. The van der Waals surface area contributed by atoms with Gasteiger partial charge >= 0.3 is 23.9 Å². The van der Waals surface area contributed by atoms with Gasteiger partial charge in [0.2, 0.25) is 0 Å². The quantitative estimate of drug-likeness (QED) is 0.227. The van der Waals surface area contributed by atoms with Crippen LogP contribution < -0.4 is 0 Å². The maximum Gasteiger partial charge on any atom is 0.351 e. The molecule has 0 bridgehead atoms. The van der Waals surface area contributed by atoms with Crippen LogP contribution in [0.1, 0.15) is 26.7 Å². The smallest absolute Gasteiger partial charge is 0.351 e. The first-order valence-electron chi connectivity index (χ1n) is 6.79. The third-order valence-electron chi connectivity index (χ3n) is 3.03. The maximum atomic E-state index is 11.9. The van der Waals surface area contributed by atoms with Crippen LogP contribution in [0.3, 0.4) is 0 Å². The van der Waals surface area contributed by atoms with E-state index in [-0.39, 0.29) is 6.42 Å². The van der Waals surface area contributed by atoms with Gasteiger partial charge in [0.25, 0.3) is 5.60 Å². The highest BCUT2D eigenvalue weighted by molar-refractivity contribution is 7.99. The molecule has 9 nitrogen and oxygen atoms in total. The molecule has 4 N–H and O–H groups in total. The number of ether oxygens (including phenoxy) is 1. The summed E-state index contributed by atoms with van der Waals surface area (Å²) >= 11 is 1.42. The molecule has 0 fully saturated rings. The summed E-state index contributed by atoms with van der Waals surface area (Å²) in [6, 6.07) is 0. The third-order valence-corrected chi connectivity index (χ3v) is 4.25. The first-order valence-corrected chi connectivity index (χ1v) is 7.94. The predicted molar refractivity (Wildman–Crippen MR) is 79.1 cm³/mol. The van der Waals surface area contributed by atoms with Crippen molar-refractivity contribution in [1.82, 2.24) is 0 Å². The number of hydrogen-bond donors (Lipinski definition) is 4. The van der Waals surface area contributed by atoms with Crippen LogP contribution in [0, 0.1) is 5.92 Å². The molecule has 23 heavy (non-hydrogen) atoms. The second kappa shape index (κ2) is 9.36. The lowest BCUT2D eigenvalue weighted by molar-refractivity contribution is -0.196. The molecule has 3 atom stereocenters. The minimum atomic E-state index is -3.36. The molecular weight excluding hydrogens is 332 g/mol. The van der Waals surface area contributed by atoms with Crippen molar-refractivity contribution in [3.8, 4) is 0 Å². The van der Waals surface area contributed by atoms with Crippen molar-refractivity contribution in [3.05, 3.63) is 0 Å². The Kier molecular flexibility index (Phi) is 8.62. The van der Waals surface area contributed by atoms with Gasteiger partial charge in [-0.2, -0.15) is 11.8 Å². The fourth-order valence-electron chi connectivity index (χ4n) is 1.52. The Morgan fingerprint density at radius 2 is 1.65 bits per heavy atom. The normalized spacial score (nSPS) is 16.0. The van der Waals surface area contributed by atoms with Crippen LogP contribution in [-0.4, -0.2) is 67.5 Å². The Hall–Kier alpha value is -1.81. The van der Waals surface area contributed by atoms with Crippen molar-refractivity contribution in [3.63, 3.8) is 0 Å². The second-order valence-electron chi connectivity index (χ2n) is 4.76. The Labute approximate surface area is 136 Å². The van der Waals surface area contributed by atoms with Crippen molar-refractivity contribution < 1.29 is 44.3 Å². The van der Waals surface area contributed by atoms with Gasteiger partial charge in [-0.25, -0.2) is 14.4 Å². The van der Waals surface area contributed by atoms with Crippen LogP contribution in [0.4, 0.5) is 0 Å². The number of rotatable bonds is 11. The first kappa shape index (κ1) is 21.2. The van der Waals surface area contributed by atoms with Gasteiger partial charge in [-0.05, 0) is 24.9 Å². The number of carboxylic acids is 3. The number of hydrogen-bond acceptors (Lipinski definition) is 7. The van der Waals surface area contributed by atoms with E-state index in [1.165, 1.54) is 11.8 Å². The Morgan fingerprint density at radius 1 is 1.09 bits per heavy atom. The molecule has 132 valence electrons. The Bertz CT molecular complexity index is 464. The number of carboxylic acid groups (broad SMARTS) is 3. The van der Waals surface area contributed by atoms with E-state index in [4.69, 9.17) is 15.3 Å². The highest BCUT2D eigenvalue weighted by Gasteiger charge is 2.55. The molecule has 0 radical (unpaired) electrons. The minimum absolute atomic E-state index is 0.0944. The van der Waals surface area contributed by atoms with Crippen LogP contribution in [0.2, 0.25) is 0 Å². The van der Waals surface area contributed by atoms with Gasteiger partial charge in [-0.3, -0.25) is 4.79 Å². The largest absolute Gasteiger partial charge is 0.481 e. The molecule has 0 aliphatic heterocycles. The van der Waals surface area contributed by atoms with Crippen molar-refractivity contribution in [2.45, 2.75) is 38.4 Å². The zero-order valence-electron chi connectivity index (χ0n) is 12.7. The van der Waals surface area contributed by atoms with E-state index in [0.717, 1.165) is 19.1 Å². The molecule has 0 rings (SSSR count). The standard InChI is InChI=1S/C13H20O9S/c1-3-5-23-6-4-8(10(16)17)22-12(20)13(21,11(18)19)7(2)9(14)15/h7-8,21H,3-6H2,1-2H3,(H,14,15)(H,16,17)(H,18,19). The van der Waals surface area contributed by atoms with Crippen molar-refractivity contribution in [1.29, 1.82) is 0 Å². The molecule has 0 aromatic heterocycles. The van der Waals surface area contributed by atoms with Crippen molar-refractivity contribution in [2.24, 2.45) is 5.92 Å². The monoisotopic (exact) mass is 352 g/mol. The summed E-state index contributed by atoms with van der Waals surface area (Å²) in [6.07, 6.45) is -0.890. The zero-order valence-corrected chi connectivity index (χ0v) is 13.5. The van der Waals surface area contributed by atoms with E-state index in [2.05, 4.69) is 4.74 Å². The van der Waals surface area contributed by atoms with Crippen molar-refractivity contribution in [2.75, 3.05) is 11.5 Å². The van der Waals surface area contributed by atoms with Gasteiger partial charge in [0.1, 0.15) is 5.92 Å². The minimum Gasteiger partial charge on any atom is -0.481 e. The maximum absolute atomic E-state index is 11.9. The lowest BCUT2D eigenvalue weighted by Gasteiger charge is -2.26.